The van der Waals surface area contributed by atoms with Crippen LogP contribution >= 0.6 is 0 Å². The summed E-state index contributed by atoms with van der Waals surface area (Å²) in [5, 5.41) is 1.19. The first-order valence-corrected chi connectivity index (χ1v) is 12.2. The van der Waals surface area contributed by atoms with E-state index >= 15 is 0 Å². The van der Waals surface area contributed by atoms with Crippen LogP contribution in [0.25, 0.3) is 10.9 Å². The number of nitrogens with zero attached hydrogens (tertiary/aromatic N) is 2. The van der Waals surface area contributed by atoms with Gasteiger partial charge in [0.15, 0.2) is 0 Å². The predicted molar refractivity (Wildman–Crippen MR) is 134 cm³/mol. The van der Waals surface area contributed by atoms with E-state index < -0.39 is 0 Å². The van der Waals surface area contributed by atoms with E-state index in [0.717, 1.165) is 36.8 Å². The van der Waals surface area contributed by atoms with E-state index in [4.69, 9.17) is 4.74 Å². The molecule has 0 unspecified atom stereocenters. The van der Waals surface area contributed by atoms with Crippen molar-refractivity contribution in [2.45, 2.75) is 39.2 Å². The number of ether oxygens (including phenoxy) is 1. The molecule has 6 heteroatoms. The van der Waals surface area contributed by atoms with Crippen molar-refractivity contribution in [3.8, 4) is 0 Å². The van der Waals surface area contributed by atoms with Gasteiger partial charge in [0.1, 0.15) is 0 Å². The first-order chi connectivity index (χ1) is 16.5. The molecule has 1 aromatic heterocycles. The number of carbonyl (C=O) groups is 2. The standard InChI is InChI=1S/C28H35N3O3/c1-21-10-12-22(13-11-21)19-30(15-14-24-18-29-26-9-4-3-8-25(24)26)27(32)20-31(16-17-34-2)28(33)23-6-5-7-23/h3-4,8-13,18,23,29H,5-7,14-17,19-20H2,1-2H3. The molecule has 1 N–H and O–H groups in total. The molecular weight excluding hydrogens is 426 g/mol. The van der Waals surface area contributed by atoms with Crippen LogP contribution in [0, 0.1) is 12.8 Å². The fraction of sp³-hybridized carbons (Fsp3) is 0.429. The molecule has 3 aromatic rings. The number of fused-ring (bicyclic) bond motifs is 1. The van der Waals surface area contributed by atoms with Crippen LogP contribution in [0.2, 0.25) is 0 Å². The SMILES string of the molecule is COCCN(CC(=O)N(CCc1c[nH]c2ccccc12)Cc1ccc(C)cc1)C(=O)C1CCC1. The molecule has 0 spiro atoms. The highest BCUT2D eigenvalue weighted by atomic mass is 16.5. The Hall–Kier alpha value is -3.12. The molecule has 0 radical (unpaired) electrons. The number of carbonyl (C=O) groups excluding carboxylic acids is 2. The normalized spacial score (nSPS) is 13.6. The Balaban J connectivity index is 1.49. The lowest BCUT2D eigenvalue weighted by molar-refractivity contribution is -0.145. The quantitative estimate of drug-likeness (QED) is 0.462. The van der Waals surface area contributed by atoms with Crippen molar-refractivity contribution in [3.63, 3.8) is 0 Å². The van der Waals surface area contributed by atoms with Crippen LogP contribution in [0.4, 0.5) is 0 Å². The number of H-pyrrole nitrogens is 1. The summed E-state index contributed by atoms with van der Waals surface area (Å²) in [7, 11) is 1.62. The molecule has 1 aliphatic carbocycles. The molecule has 0 atom stereocenters. The van der Waals surface area contributed by atoms with Gasteiger partial charge in [0, 0.05) is 49.8 Å². The van der Waals surface area contributed by atoms with Crippen LogP contribution in [0.15, 0.2) is 54.7 Å². The molecule has 0 aliphatic heterocycles. The number of nitrogens with one attached hydrogen (secondary N) is 1. The average Bonchev–Trinajstić information content (AvgIpc) is 3.22. The minimum Gasteiger partial charge on any atom is -0.383 e. The molecular formula is C28H35N3O3. The molecule has 1 saturated carbocycles. The lowest BCUT2D eigenvalue weighted by Crippen LogP contribution is -2.47. The van der Waals surface area contributed by atoms with Gasteiger partial charge in [-0.15, -0.1) is 0 Å². The summed E-state index contributed by atoms with van der Waals surface area (Å²) in [6, 6.07) is 16.5. The summed E-state index contributed by atoms with van der Waals surface area (Å²) < 4.78 is 5.22. The molecule has 6 nitrogen and oxygen atoms in total. The minimum absolute atomic E-state index is 0.0239. The van der Waals surface area contributed by atoms with Gasteiger partial charge in [0.05, 0.1) is 13.2 Å². The second-order valence-corrected chi connectivity index (χ2v) is 9.29. The van der Waals surface area contributed by atoms with Gasteiger partial charge in [-0.05, 0) is 43.4 Å². The summed E-state index contributed by atoms with van der Waals surface area (Å²) in [5.74, 6) is 0.120. The number of rotatable bonds is 11. The second kappa shape index (κ2) is 11.3. The molecule has 1 heterocycles. The van der Waals surface area contributed by atoms with Gasteiger partial charge in [0.25, 0.3) is 0 Å². The highest BCUT2D eigenvalue weighted by Crippen LogP contribution is 2.28. The Kier molecular flexibility index (Phi) is 8.01. The third kappa shape index (κ3) is 5.86. The van der Waals surface area contributed by atoms with E-state index in [1.54, 1.807) is 12.0 Å². The molecule has 4 rings (SSSR count). The average molecular weight is 462 g/mol. The maximum atomic E-state index is 13.5. The molecule has 2 aromatic carbocycles. The summed E-state index contributed by atoms with van der Waals surface area (Å²) in [5.41, 5.74) is 4.58. The third-order valence-corrected chi connectivity index (χ3v) is 6.83. The number of methoxy groups -OCH3 is 1. The van der Waals surface area contributed by atoms with Gasteiger partial charge < -0.3 is 19.5 Å². The first kappa shape index (κ1) is 24.0. The van der Waals surface area contributed by atoms with Gasteiger partial charge in [-0.25, -0.2) is 0 Å². The predicted octanol–water partition coefficient (Wildman–Crippen LogP) is 4.32. The lowest BCUT2D eigenvalue weighted by atomic mass is 9.84. The maximum absolute atomic E-state index is 13.5. The molecule has 1 aliphatic rings. The number of aromatic nitrogens is 1. The summed E-state index contributed by atoms with van der Waals surface area (Å²) in [6.45, 7) is 4.14. The number of para-hydroxylation sites is 1. The van der Waals surface area contributed by atoms with E-state index in [-0.39, 0.29) is 24.3 Å². The summed E-state index contributed by atoms with van der Waals surface area (Å²) in [4.78, 5) is 33.4. The molecule has 180 valence electrons. The number of hydrogen-bond donors (Lipinski definition) is 1. The second-order valence-electron chi connectivity index (χ2n) is 9.29. The number of benzene rings is 2. The van der Waals surface area contributed by atoms with Gasteiger partial charge >= 0.3 is 0 Å². The highest BCUT2D eigenvalue weighted by Gasteiger charge is 2.31. The van der Waals surface area contributed by atoms with Crippen molar-refractivity contribution in [1.29, 1.82) is 0 Å². The third-order valence-electron chi connectivity index (χ3n) is 6.83. The number of amides is 2. The summed E-state index contributed by atoms with van der Waals surface area (Å²) in [6.07, 6.45) is 5.71. The molecule has 1 fully saturated rings. The number of aromatic amines is 1. The smallest absolute Gasteiger partial charge is 0.242 e. The van der Waals surface area contributed by atoms with Gasteiger partial charge in [-0.2, -0.15) is 0 Å². The van der Waals surface area contributed by atoms with Crippen LogP contribution in [-0.2, 0) is 27.3 Å². The molecule has 34 heavy (non-hydrogen) atoms. The van der Waals surface area contributed by atoms with E-state index in [2.05, 4.69) is 48.3 Å². The molecule has 2 amide bonds. The largest absolute Gasteiger partial charge is 0.383 e. The Bertz CT molecular complexity index is 1100. The van der Waals surface area contributed by atoms with Gasteiger partial charge in [0.2, 0.25) is 11.8 Å². The fourth-order valence-corrected chi connectivity index (χ4v) is 4.44. The number of aryl methyl sites for hydroxylation is 1. The topological polar surface area (TPSA) is 65.6 Å². The maximum Gasteiger partial charge on any atom is 0.242 e. The summed E-state index contributed by atoms with van der Waals surface area (Å²) >= 11 is 0. The Morgan fingerprint density at radius 1 is 1.03 bits per heavy atom. The molecule has 0 bridgehead atoms. The first-order valence-electron chi connectivity index (χ1n) is 12.2. The zero-order valence-electron chi connectivity index (χ0n) is 20.3. The minimum atomic E-state index is -0.0239. The monoisotopic (exact) mass is 461 g/mol. The van der Waals surface area contributed by atoms with Crippen LogP contribution in [0.3, 0.4) is 0 Å². The lowest BCUT2D eigenvalue weighted by Gasteiger charge is -2.33. The van der Waals surface area contributed by atoms with E-state index in [1.807, 2.05) is 23.2 Å². The van der Waals surface area contributed by atoms with Crippen molar-refractivity contribution in [2.24, 2.45) is 5.92 Å². The van der Waals surface area contributed by atoms with Crippen molar-refractivity contribution in [2.75, 3.05) is 33.4 Å². The van der Waals surface area contributed by atoms with Crippen molar-refractivity contribution >= 4 is 22.7 Å². The van der Waals surface area contributed by atoms with Crippen LogP contribution < -0.4 is 0 Å². The van der Waals surface area contributed by atoms with Crippen molar-refractivity contribution in [1.82, 2.24) is 14.8 Å². The van der Waals surface area contributed by atoms with Gasteiger partial charge in [-0.3, -0.25) is 9.59 Å². The zero-order valence-corrected chi connectivity index (χ0v) is 20.3. The van der Waals surface area contributed by atoms with Crippen LogP contribution in [0.1, 0.15) is 36.0 Å². The highest BCUT2D eigenvalue weighted by molar-refractivity contribution is 5.86. The van der Waals surface area contributed by atoms with E-state index in [9.17, 15) is 9.59 Å². The van der Waals surface area contributed by atoms with Crippen LogP contribution in [0.5, 0.6) is 0 Å². The fourth-order valence-electron chi connectivity index (χ4n) is 4.44. The van der Waals surface area contributed by atoms with Gasteiger partial charge in [-0.1, -0.05) is 54.4 Å². The van der Waals surface area contributed by atoms with Crippen molar-refractivity contribution < 1.29 is 14.3 Å². The Labute approximate surface area is 201 Å². The Morgan fingerprint density at radius 3 is 2.50 bits per heavy atom. The Morgan fingerprint density at radius 2 is 1.79 bits per heavy atom. The van der Waals surface area contributed by atoms with E-state index in [1.165, 1.54) is 16.5 Å². The van der Waals surface area contributed by atoms with Crippen LogP contribution in [-0.4, -0.2) is 59.9 Å². The van der Waals surface area contributed by atoms with Crippen molar-refractivity contribution in [3.05, 3.63) is 71.4 Å². The molecule has 0 saturated heterocycles. The van der Waals surface area contributed by atoms with E-state index in [0.29, 0.717) is 26.2 Å². The zero-order chi connectivity index (χ0) is 23.9. The number of hydrogen-bond acceptors (Lipinski definition) is 3.